The number of nitrogens with zero attached hydrogens (tertiary/aromatic N) is 2. The molecule has 0 saturated heterocycles. The highest BCUT2D eigenvalue weighted by Crippen LogP contribution is 2.22. The molecule has 1 atom stereocenters. The van der Waals surface area contributed by atoms with Gasteiger partial charge >= 0.3 is 0 Å². The minimum Gasteiger partial charge on any atom is -0.356 e. The third-order valence-electron chi connectivity index (χ3n) is 7.42. The fourth-order valence-electron chi connectivity index (χ4n) is 5.20. The zero-order valence-electron chi connectivity index (χ0n) is 22.6. The first-order chi connectivity index (χ1) is 15.8. The van der Waals surface area contributed by atoms with E-state index in [0.717, 1.165) is 6.54 Å². The van der Waals surface area contributed by atoms with Gasteiger partial charge in [-0.05, 0) is 26.2 Å². The number of rotatable bonds is 24. The molecule has 0 aromatic carbocycles. The van der Waals surface area contributed by atoms with Gasteiger partial charge in [0.15, 0.2) is 0 Å². The van der Waals surface area contributed by atoms with E-state index in [-0.39, 0.29) is 0 Å². The summed E-state index contributed by atoms with van der Waals surface area (Å²) in [5.74, 6) is 0. The maximum absolute atomic E-state index is 2.63. The molecule has 0 bridgehead atoms. The van der Waals surface area contributed by atoms with Crippen LogP contribution < -0.4 is 0 Å². The Morgan fingerprint density at radius 2 is 0.812 bits per heavy atom. The summed E-state index contributed by atoms with van der Waals surface area (Å²) in [7, 11) is 0. The van der Waals surface area contributed by atoms with Gasteiger partial charge in [0, 0.05) is 25.5 Å². The Hall–Kier alpha value is -0.660. The Morgan fingerprint density at radius 3 is 1.25 bits per heavy atom. The molecule has 0 fully saturated rings. The lowest BCUT2D eigenvalue weighted by Crippen LogP contribution is -2.38. The summed E-state index contributed by atoms with van der Waals surface area (Å²) in [4.78, 5) is 5.19. The lowest BCUT2D eigenvalue weighted by atomic mass is 10.0. The minimum atomic E-state index is 0.637. The number of hydrogen-bond acceptors (Lipinski definition) is 2. The monoisotopic (exact) mass is 448 g/mol. The lowest BCUT2D eigenvalue weighted by Gasteiger charge is -2.32. The van der Waals surface area contributed by atoms with Crippen LogP contribution in [-0.4, -0.2) is 29.1 Å². The van der Waals surface area contributed by atoms with Crippen LogP contribution in [0.3, 0.4) is 0 Å². The molecule has 0 N–H and O–H groups in total. The van der Waals surface area contributed by atoms with Crippen LogP contribution in [0.25, 0.3) is 0 Å². The standard InChI is InChI=1S/C30H60N2/c1-4-7-9-11-13-14-15-16-17-18-19-20-21-22-24-26-30-31(6-3)28-29-32(30)27-25-23-12-10-8-5-2/h28-30H,4-27H2,1-3H3. The van der Waals surface area contributed by atoms with E-state index in [9.17, 15) is 0 Å². The average molecular weight is 449 g/mol. The lowest BCUT2D eigenvalue weighted by molar-refractivity contribution is 0.142. The van der Waals surface area contributed by atoms with E-state index < -0.39 is 0 Å². The highest BCUT2D eigenvalue weighted by Gasteiger charge is 2.23. The van der Waals surface area contributed by atoms with Crippen molar-refractivity contribution in [3.63, 3.8) is 0 Å². The van der Waals surface area contributed by atoms with E-state index in [2.05, 4.69) is 43.0 Å². The van der Waals surface area contributed by atoms with E-state index in [1.54, 1.807) is 0 Å². The molecule has 1 aliphatic heterocycles. The van der Waals surface area contributed by atoms with Crippen molar-refractivity contribution in [1.29, 1.82) is 0 Å². The Morgan fingerprint density at radius 1 is 0.438 bits per heavy atom. The van der Waals surface area contributed by atoms with Gasteiger partial charge in [-0.3, -0.25) is 0 Å². The Labute approximate surface area is 203 Å². The maximum Gasteiger partial charge on any atom is 0.101 e. The van der Waals surface area contributed by atoms with Crippen molar-refractivity contribution >= 4 is 0 Å². The summed E-state index contributed by atoms with van der Waals surface area (Å²) in [5.41, 5.74) is 0. The topological polar surface area (TPSA) is 6.48 Å². The molecule has 0 aromatic rings. The van der Waals surface area contributed by atoms with E-state index in [0.29, 0.717) is 6.17 Å². The van der Waals surface area contributed by atoms with Crippen LogP contribution >= 0.6 is 0 Å². The van der Waals surface area contributed by atoms with Crippen molar-refractivity contribution in [3.05, 3.63) is 12.4 Å². The van der Waals surface area contributed by atoms with Gasteiger partial charge in [0.1, 0.15) is 6.17 Å². The Kier molecular flexibility index (Phi) is 20.3. The van der Waals surface area contributed by atoms with E-state index in [1.807, 2.05) is 0 Å². The highest BCUT2D eigenvalue weighted by molar-refractivity contribution is 4.96. The summed E-state index contributed by atoms with van der Waals surface area (Å²) < 4.78 is 0. The summed E-state index contributed by atoms with van der Waals surface area (Å²) in [6.07, 6.45) is 36.8. The predicted octanol–water partition coefficient (Wildman–Crippen LogP) is 10.0. The van der Waals surface area contributed by atoms with Crippen LogP contribution in [-0.2, 0) is 0 Å². The predicted molar refractivity (Wildman–Crippen MR) is 145 cm³/mol. The highest BCUT2D eigenvalue weighted by atomic mass is 15.4. The molecular weight excluding hydrogens is 388 g/mol. The zero-order chi connectivity index (χ0) is 23.1. The molecule has 32 heavy (non-hydrogen) atoms. The van der Waals surface area contributed by atoms with Crippen molar-refractivity contribution in [2.45, 2.75) is 168 Å². The summed E-state index contributed by atoms with van der Waals surface area (Å²) >= 11 is 0. The zero-order valence-corrected chi connectivity index (χ0v) is 22.6. The van der Waals surface area contributed by atoms with Crippen LogP contribution in [0.1, 0.15) is 162 Å². The van der Waals surface area contributed by atoms with Crippen LogP contribution in [0.5, 0.6) is 0 Å². The first-order valence-electron chi connectivity index (χ1n) is 15.0. The van der Waals surface area contributed by atoms with Crippen LogP contribution in [0.2, 0.25) is 0 Å². The van der Waals surface area contributed by atoms with Gasteiger partial charge in [0.05, 0.1) is 0 Å². The first-order valence-corrected chi connectivity index (χ1v) is 15.0. The van der Waals surface area contributed by atoms with Gasteiger partial charge in [-0.1, -0.05) is 136 Å². The molecule has 1 rings (SSSR count). The molecule has 0 saturated carbocycles. The molecule has 2 nitrogen and oxygen atoms in total. The van der Waals surface area contributed by atoms with Gasteiger partial charge in [-0.2, -0.15) is 0 Å². The normalized spacial score (nSPS) is 15.9. The molecule has 1 heterocycles. The van der Waals surface area contributed by atoms with E-state index in [1.165, 1.54) is 148 Å². The third-order valence-corrected chi connectivity index (χ3v) is 7.42. The largest absolute Gasteiger partial charge is 0.356 e. The average Bonchev–Trinajstić information content (AvgIpc) is 3.20. The molecule has 190 valence electrons. The quantitative estimate of drug-likeness (QED) is 0.135. The fraction of sp³-hybridized carbons (Fsp3) is 0.933. The second-order valence-corrected chi connectivity index (χ2v) is 10.4. The molecule has 0 aliphatic carbocycles. The smallest absolute Gasteiger partial charge is 0.101 e. The van der Waals surface area contributed by atoms with Gasteiger partial charge in [0.25, 0.3) is 0 Å². The van der Waals surface area contributed by atoms with Gasteiger partial charge in [0.2, 0.25) is 0 Å². The van der Waals surface area contributed by atoms with Crippen molar-refractivity contribution < 1.29 is 0 Å². The van der Waals surface area contributed by atoms with E-state index >= 15 is 0 Å². The van der Waals surface area contributed by atoms with E-state index in [4.69, 9.17) is 0 Å². The van der Waals surface area contributed by atoms with Crippen molar-refractivity contribution in [1.82, 2.24) is 9.80 Å². The molecule has 0 radical (unpaired) electrons. The fourth-order valence-corrected chi connectivity index (χ4v) is 5.20. The Bertz CT molecular complexity index is 406. The summed E-state index contributed by atoms with van der Waals surface area (Å²) in [5, 5.41) is 0. The van der Waals surface area contributed by atoms with Gasteiger partial charge < -0.3 is 9.80 Å². The van der Waals surface area contributed by atoms with Gasteiger partial charge in [-0.15, -0.1) is 0 Å². The summed E-state index contributed by atoms with van der Waals surface area (Å²) in [6, 6.07) is 0. The molecular formula is C30H60N2. The molecule has 2 heteroatoms. The second-order valence-electron chi connectivity index (χ2n) is 10.4. The minimum absolute atomic E-state index is 0.637. The summed E-state index contributed by atoms with van der Waals surface area (Å²) in [6.45, 7) is 9.31. The number of unbranched alkanes of at least 4 members (excludes halogenated alkanes) is 19. The van der Waals surface area contributed by atoms with Crippen LogP contribution in [0.15, 0.2) is 12.4 Å². The second kappa shape index (κ2) is 22.1. The molecule has 0 amide bonds. The molecule has 0 spiro atoms. The third kappa shape index (κ3) is 15.2. The Balaban J connectivity index is 1.95. The van der Waals surface area contributed by atoms with Crippen molar-refractivity contribution in [3.8, 4) is 0 Å². The molecule has 1 aliphatic rings. The maximum atomic E-state index is 2.63. The SMILES string of the molecule is CCCCCCCCCCCCCCCCCC1N(CC)C=CN1CCCCCCCC. The first kappa shape index (κ1) is 29.4. The van der Waals surface area contributed by atoms with Crippen LogP contribution in [0, 0.1) is 0 Å². The molecule has 1 unspecified atom stereocenters. The van der Waals surface area contributed by atoms with Gasteiger partial charge in [-0.25, -0.2) is 0 Å². The number of hydrogen-bond donors (Lipinski definition) is 0. The van der Waals surface area contributed by atoms with Crippen molar-refractivity contribution in [2.24, 2.45) is 0 Å². The van der Waals surface area contributed by atoms with Crippen molar-refractivity contribution in [2.75, 3.05) is 13.1 Å². The molecule has 0 aromatic heterocycles. The van der Waals surface area contributed by atoms with Crippen LogP contribution in [0.4, 0.5) is 0 Å².